The number of ether oxygens (including phenoxy) is 1. The highest BCUT2D eigenvalue weighted by atomic mass is 16.5. The number of rotatable bonds is 5. The summed E-state index contributed by atoms with van der Waals surface area (Å²) in [6, 6.07) is 16.5. The Kier molecular flexibility index (Phi) is 4.70. The summed E-state index contributed by atoms with van der Waals surface area (Å²) < 4.78 is 7.16. The van der Waals surface area contributed by atoms with Crippen LogP contribution in [-0.2, 0) is 16.1 Å². The van der Waals surface area contributed by atoms with Gasteiger partial charge in [0.2, 0.25) is 5.91 Å². The summed E-state index contributed by atoms with van der Waals surface area (Å²) in [5.74, 6) is -0.255. The third-order valence-corrected chi connectivity index (χ3v) is 4.56. The normalized spacial score (nSPS) is 13.8. The third-order valence-electron chi connectivity index (χ3n) is 4.56. The van der Waals surface area contributed by atoms with Crippen molar-refractivity contribution in [1.29, 1.82) is 0 Å². The molecule has 4 rings (SSSR count). The number of nitrogens with zero attached hydrogens (tertiary/aromatic N) is 3. The van der Waals surface area contributed by atoms with Crippen molar-refractivity contribution in [2.75, 3.05) is 11.4 Å². The average Bonchev–Trinajstić information content (AvgIpc) is 3.38. The van der Waals surface area contributed by atoms with Crippen molar-refractivity contribution in [3.05, 3.63) is 78.1 Å². The van der Waals surface area contributed by atoms with Crippen LogP contribution in [0.15, 0.2) is 67.0 Å². The number of amides is 1. The first kappa shape index (κ1) is 17.0. The molecule has 136 valence electrons. The summed E-state index contributed by atoms with van der Waals surface area (Å²) in [6.45, 7) is 0.932. The van der Waals surface area contributed by atoms with Crippen LogP contribution in [0.3, 0.4) is 0 Å². The van der Waals surface area contributed by atoms with Gasteiger partial charge in [-0.05, 0) is 54.4 Å². The number of benzene rings is 2. The van der Waals surface area contributed by atoms with E-state index >= 15 is 0 Å². The van der Waals surface area contributed by atoms with Gasteiger partial charge in [-0.2, -0.15) is 5.10 Å². The Bertz CT molecular complexity index is 932. The first-order chi connectivity index (χ1) is 13.2. The van der Waals surface area contributed by atoms with Gasteiger partial charge < -0.3 is 9.64 Å². The summed E-state index contributed by atoms with van der Waals surface area (Å²) in [5, 5.41) is 4.18. The van der Waals surface area contributed by atoms with E-state index in [4.69, 9.17) is 4.74 Å². The van der Waals surface area contributed by atoms with Crippen molar-refractivity contribution < 1.29 is 14.3 Å². The number of hydrogen-bond donors (Lipinski definition) is 0. The number of carbonyl (C=O) groups excluding carboxylic acids is 2. The van der Waals surface area contributed by atoms with E-state index in [1.54, 1.807) is 40.0 Å². The average molecular weight is 361 g/mol. The summed E-state index contributed by atoms with van der Waals surface area (Å²) in [4.78, 5) is 25.8. The topological polar surface area (TPSA) is 64.4 Å². The van der Waals surface area contributed by atoms with Gasteiger partial charge >= 0.3 is 5.97 Å². The smallest absolute Gasteiger partial charge is 0.338 e. The lowest BCUT2D eigenvalue weighted by atomic mass is 10.2. The van der Waals surface area contributed by atoms with Crippen LogP contribution in [0.5, 0.6) is 0 Å². The SMILES string of the molecule is O=C(OCc1ccc(-n2cccn2)cc1)c1ccc(N2CCCC2=O)cc1. The van der Waals surface area contributed by atoms with Gasteiger partial charge in [0.25, 0.3) is 0 Å². The quantitative estimate of drug-likeness (QED) is 0.654. The second-order valence-electron chi connectivity index (χ2n) is 6.39. The minimum absolute atomic E-state index is 0.129. The van der Waals surface area contributed by atoms with E-state index in [2.05, 4.69) is 5.10 Å². The van der Waals surface area contributed by atoms with E-state index in [-0.39, 0.29) is 18.5 Å². The number of esters is 1. The Labute approximate surface area is 157 Å². The lowest BCUT2D eigenvalue weighted by Gasteiger charge is -2.15. The van der Waals surface area contributed by atoms with Crippen LogP contribution in [0.1, 0.15) is 28.8 Å². The molecular formula is C21H19N3O3. The van der Waals surface area contributed by atoms with Gasteiger partial charge in [0.15, 0.2) is 0 Å². The molecule has 2 aromatic carbocycles. The largest absolute Gasteiger partial charge is 0.457 e. The molecule has 0 aliphatic carbocycles. The molecule has 1 aliphatic heterocycles. The zero-order chi connectivity index (χ0) is 18.6. The minimum atomic E-state index is -0.384. The van der Waals surface area contributed by atoms with Crippen molar-refractivity contribution in [3.63, 3.8) is 0 Å². The van der Waals surface area contributed by atoms with Crippen LogP contribution in [0.2, 0.25) is 0 Å². The summed E-state index contributed by atoms with van der Waals surface area (Å²) in [7, 11) is 0. The highest BCUT2D eigenvalue weighted by Crippen LogP contribution is 2.22. The molecule has 0 saturated carbocycles. The van der Waals surface area contributed by atoms with Gasteiger partial charge in [-0.15, -0.1) is 0 Å². The Balaban J connectivity index is 1.35. The van der Waals surface area contributed by atoms with Crippen LogP contribution in [-0.4, -0.2) is 28.2 Å². The Hall–Kier alpha value is -3.41. The Morgan fingerprint density at radius 1 is 1.04 bits per heavy atom. The fraction of sp³-hybridized carbons (Fsp3) is 0.190. The van der Waals surface area contributed by atoms with Crippen molar-refractivity contribution in [2.45, 2.75) is 19.4 Å². The minimum Gasteiger partial charge on any atom is -0.457 e. The molecule has 0 unspecified atom stereocenters. The first-order valence-corrected chi connectivity index (χ1v) is 8.87. The third kappa shape index (κ3) is 3.74. The zero-order valence-electron chi connectivity index (χ0n) is 14.7. The maximum atomic E-state index is 12.3. The predicted octanol–water partition coefficient (Wildman–Crippen LogP) is 3.36. The summed E-state index contributed by atoms with van der Waals surface area (Å²) >= 11 is 0. The maximum Gasteiger partial charge on any atom is 0.338 e. The molecule has 1 saturated heterocycles. The molecule has 2 heterocycles. The molecule has 3 aromatic rings. The Morgan fingerprint density at radius 2 is 1.78 bits per heavy atom. The van der Waals surface area contributed by atoms with E-state index in [1.807, 2.05) is 36.5 Å². The van der Waals surface area contributed by atoms with Crippen LogP contribution >= 0.6 is 0 Å². The number of aromatic nitrogens is 2. The highest BCUT2D eigenvalue weighted by molar-refractivity contribution is 5.96. The van der Waals surface area contributed by atoms with Crippen LogP contribution in [0.4, 0.5) is 5.69 Å². The van der Waals surface area contributed by atoms with E-state index < -0.39 is 0 Å². The van der Waals surface area contributed by atoms with Crippen molar-refractivity contribution in [2.24, 2.45) is 0 Å². The van der Waals surface area contributed by atoms with Gasteiger partial charge in [0.05, 0.1) is 11.3 Å². The highest BCUT2D eigenvalue weighted by Gasteiger charge is 2.21. The van der Waals surface area contributed by atoms with Gasteiger partial charge in [-0.1, -0.05) is 12.1 Å². The maximum absolute atomic E-state index is 12.3. The number of anilines is 1. The Morgan fingerprint density at radius 3 is 2.41 bits per heavy atom. The van der Waals surface area contributed by atoms with E-state index in [1.165, 1.54) is 0 Å². The molecule has 0 spiro atoms. The molecule has 0 N–H and O–H groups in total. The van der Waals surface area contributed by atoms with Crippen molar-refractivity contribution in [3.8, 4) is 5.69 Å². The molecule has 0 radical (unpaired) electrons. The standard InChI is InChI=1S/C21H19N3O3/c25-20-3-1-13-23(20)18-10-6-17(7-11-18)21(26)27-15-16-4-8-19(9-5-16)24-14-2-12-22-24/h2,4-12,14H,1,3,13,15H2. The van der Waals surface area contributed by atoms with Crippen LogP contribution in [0, 0.1) is 0 Å². The number of hydrogen-bond acceptors (Lipinski definition) is 4. The van der Waals surface area contributed by atoms with Gasteiger partial charge in [-0.25, -0.2) is 9.48 Å². The number of carbonyl (C=O) groups is 2. The van der Waals surface area contributed by atoms with E-state index in [0.29, 0.717) is 12.0 Å². The fourth-order valence-electron chi connectivity index (χ4n) is 3.10. The van der Waals surface area contributed by atoms with E-state index in [9.17, 15) is 9.59 Å². The molecule has 6 heteroatoms. The summed E-state index contributed by atoms with van der Waals surface area (Å²) in [5.41, 5.74) is 3.14. The molecule has 1 aliphatic rings. The monoisotopic (exact) mass is 361 g/mol. The molecule has 1 fully saturated rings. The lowest BCUT2D eigenvalue weighted by molar-refractivity contribution is -0.117. The van der Waals surface area contributed by atoms with Gasteiger partial charge in [0.1, 0.15) is 6.61 Å². The first-order valence-electron chi connectivity index (χ1n) is 8.87. The molecule has 0 atom stereocenters. The van der Waals surface area contributed by atoms with Crippen LogP contribution < -0.4 is 4.90 Å². The predicted molar refractivity (Wildman–Crippen MR) is 101 cm³/mol. The van der Waals surface area contributed by atoms with Crippen molar-refractivity contribution >= 4 is 17.6 Å². The molecule has 0 bridgehead atoms. The van der Waals surface area contributed by atoms with Gasteiger partial charge in [-0.3, -0.25) is 4.79 Å². The molecule has 27 heavy (non-hydrogen) atoms. The van der Waals surface area contributed by atoms with Crippen molar-refractivity contribution in [1.82, 2.24) is 9.78 Å². The van der Waals surface area contributed by atoms with E-state index in [0.717, 1.165) is 29.9 Å². The second-order valence-corrected chi connectivity index (χ2v) is 6.39. The fourth-order valence-corrected chi connectivity index (χ4v) is 3.10. The molecule has 6 nitrogen and oxygen atoms in total. The molecular weight excluding hydrogens is 342 g/mol. The zero-order valence-corrected chi connectivity index (χ0v) is 14.7. The van der Waals surface area contributed by atoms with Gasteiger partial charge in [0, 0.05) is 31.0 Å². The molecule has 1 aromatic heterocycles. The molecule has 1 amide bonds. The second kappa shape index (κ2) is 7.45. The lowest BCUT2D eigenvalue weighted by Crippen LogP contribution is -2.23. The van der Waals surface area contributed by atoms with Crippen LogP contribution in [0.25, 0.3) is 5.69 Å². The summed E-state index contributed by atoms with van der Waals surface area (Å²) in [6.07, 6.45) is 5.06.